The molecule has 0 bridgehead atoms. The highest BCUT2D eigenvalue weighted by atomic mass is 19.4. The first kappa shape index (κ1) is 20.7. The third kappa shape index (κ3) is 4.97. The Morgan fingerprint density at radius 2 is 1.74 bits per heavy atom. The molecule has 4 heteroatoms. The Balaban J connectivity index is 2.40. The van der Waals surface area contributed by atoms with Gasteiger partial charge >= 0.3 is 6.18 Å². The monoisotopic (exact) mass is 372 g/mol. The molecule has 0 amide bonds. The quantitative estimate of drug-likeness (QED) is 0.321. The molecular formula is C23H23F3O. The maximum absolute atomic E-state index is 12.8. The molecule has 0 aliphatic heterocycles. The van der Waals surface area contributed by atoms with Gasteiger partial charge in [0.1, 0.15) is 6.29 Å². The minimum absolute atomic E-state index is 0.139. The van der Waals surface area contributed by atoms with E-state index in [1.807, 2.05) is 13.0 Å². The van der Waals surface area contributed by atoms with Gasteiger partial charge in [-0.15, -0.1) is 0 Å². The molecule has 2 rings (SSSR count). The van der Waals surface area contributed by atoms with Gasteiger partial charge in [0.2, 0.25) is 0 Å². The molecule has 0 fully saturated rings. The zero-order valence-electron chi connectivity index (χ0n) is 15.9. The third-order valence-electron chi connectivity index (χ3n) is 4.48. The lowest BCUT2D eigenvalue weighted by atomic mass is 10.0. The van der Waals surface area contributed by atoms with Crippen molar-refractivity contribution in [3.05, 3.63) is 76.4 Å². The van der Waals surface area contributed by atoms with Crippen LogP contribution in [0.3, 0.4) is 0 Å². The van der Waals surface area contributed by atoms with Crippen molar-refractivity contribution in [2.24, 2.45) is 0 Å². The van der Waals surface area contributed by atoms with Gasteiger partial charge in [-0.05, 0) is 65.3 Å². The summed E-state index contributed by atoms with van der Waals surface area (Å²) in [5.41, 5.74) is 5.72. The number of allylic oxidation sites excluding steroid dienone is 5. The van der Waals surface area contributed by atoms with E-state index in [2.05, 4.69) is 39.0 Å². The summed E-state index contributed by atoms with van der Waals surface area (Å²) >= 11 is 0. The number of rotatable bonds is 5. The fourth-order valence-corrected chi connectivity index (χ4v) is 3.07. The second kappa shape index (κ2) is 8.38. The number of hydrogen-bond donors (Lipinski definition) is 0. The smallest absolute Gasteiger partial charge is 0.299 e. The first-order valence-electron chi connectivity index (χ1n) is 8.76. The van der Waals surface area contributed by atoms with Gasteiger partial charge in [0, 0.05) is 0 Å². The van der Waals surface area contributed by atoms with E-state index in [9.17, 15) is 18.0 Å². The van der Waals surface area contributed by atoms with E-state index in [1.54, 1.807) is 12.2 Å². The van der Waals surface area contributed by atoms with Crippen molar-refractivity contribution in [1.82, 2.24) is 0 Å². The molecule has 0 unspecified atom stereocenters. The van der Waals surface area contributed by atoms with Crippen LogP contribution in [-0.2, 0) is 4.79 Å². The third-order valence-corrected chi connectivity index (χ3v) is 4.48. The fraction of sp³-hybridized carbons (Fsp3) is 0.261. The Kier molecular flexibility index (Phi) is 6.42. The molecule has 142 valence electrons. The van der Waals surface area contributed by atoms with Crippen LogP contribution in [-0.4, -0.2) is 12.5 Å². The van der Waals surface area contributed by atoms with Gasteiger partial charge in [-0.2, -0.15) is 13.2 Å². The number of aldehydes is 1. The summed E-state index contributed by atoms with van der Waals surface area (Å²) in [4.78, 5) is 10.4. The molecule has 2 aliphatic rings. The Labute approximate surface area is 158 Å². The van der Waals surface area contributed by atoms with Crippen LogP contribution in [0.25, 0.3) is 17.2 Å². The van der Waals surface area contributed by atoms with E-state index in [0.717, 1.165) is 33.9 Å². The summed E-state index contributed by atoms with van der Waals surface area (Å²) in [6, 6.07) is 8.42. The van der Waals surface area contributed by atoms with E-state index < -0.39 is 11.7 Å². The summed E-state index contributed by atoms with van der Waals surface area (Å²) in [6.07, 6.45) is 1.66. The Morgan fingerprint density at radius 1 is 1.04 bits per heavy atom. The van der Waals surface area contributed by atoms with E-state index >= 15 is 0 Å². The number of aryl methyl sites for hydroxylation is 2. The van der Waals surface area contributed by atoms with Crippen LogP contribution in [0.5, 0.6) is 0 Å². The number of halogens is 3. The highest BCUT2D eigenvalue weighted by molar-refractivity contribution is 5.84. The largest absolute Gasteiger partial charge is 0.416 e. The zero-order chi connectivity index (χ0) is 20.2. The lowest BCUT2D eigenvalue weighted by molar-refractivity contribution is -0.106. The first-order chi connectivity index (χ1) is 12.6. The molecule has 0 aromatic rings. The molecule has 0 saturated carbocycles. The van der Waals surface area contributed by atoms with Crippen molar-refractivity contribution in [3.63, 3.8) is 0 Å². The summed E-state index contributed by atoms with van der Waals surface area (Å²) < 4.78 is 38.3. The molecule has 0 N–H and O–H groups in total. The summed E-state index contributed by atoms with van der Waals surface area (Å²) in [5, 5.41) is 0. The van der Waals surface area contributed by atoms with Crippen molar-refractivity contribution in [2.75, 3.05) is 0 Å². The van der Waals surface area contributed by atoms with Crippen molar-refractivity contribution >= 4 is 12.4 Å². The standard InChI is InChI=1S/C23H23F3O/c1-15(2)18-9-10-21-16(3)13-19(22(21)17(4)14-18)7-5-6-8-20(11-12-27)23(24,25)26/h5-15H,1-4H3/b7-5+,8-6+,20-11-. The lowest BCUT2D eigenvalue weighted by Crippen LogP contribution is -2.09. The molecule has 0 atom stereocenters. The van der Waals surface area contributed by atoms with Gasteiger partial charge in [0.15, 0.2) is 0 Å². The van der Waals surface area contributed by atoms with E-state index in [-0.39, 0.29) is 6.29 Å². The normalized spacial score (nSPS) is 13.4. The number of fused-ring (bicyclic) bond motifs is 1. The van der Waals surface area contributed by atoms with Gasteiger partial charge in [-0.3, -0.25) is 4.79 Å². The predicted octanol–water partition coefficient (Wildman–Crippen LogP) is 6.79. The highest BCUT2D eigenvalue weighted by Crippen LogP contribution is 2.36. The van der Waals surface area contributed by atoms with Gasteiger partial charge in [0.25, 0.3) is 0 Å². The van der Waals surface area contributed by atoms with Gasteiger partial charge in [-0.1, -0.05) is 56.3 Å². The predicted molar refractivity (Wildman–Crippen MR) is 105 cm³/mol. The fourth-order valence-electron chi connectivity index (χ4n) is 3.07. The molecule has 0 aromatic carbocycles. The molecular weight excluding hydrogens is 349 g/mol. The number of hydrogen-bond acceptors (Lipinski definition) is 1. The van der Waals surface area contributed by atoms with Crippen molar-refractivity contribution in [1.29, 1.82) is 0 Å². The van der Waals surface area contributed by atoms with Crippen molar-refractivity contribution in [3.8, 4) is 11.1 Å². The van der Waals surface area contributed by atoms with E-state index in [4.69, 9.17) is 0 Å². The van der Waals surface area contributed by atoms with Crippen LogP contribution in [0.15, 0.2) is 54.1 Å². The topological polar surface area (TPSA) is 17.1 Å². The van der Waals surface area contributed by atoms with E-state index in [0.29, 0.717) is 12.0 Å². The van der Waals surface area contributed by atoms with Crippen molar-refractivity contribution in [2.45, 2.75) is 39.8 Å². The van der Waals surface area contributed by atoms with Crippen LogP contribution in [0.4, 0.5) is 13.2 Å². The lowest BCUT2D eigenvalue weighted by Gasteiger charge is -2.05. The highest BCUT2D eigenvalue weighted by Gasteiger charge is 2.31. The minimum Gasteiger partial charge on any atom is -0.299 e. The zero-order valence-corrected chi connectivity index (χ0v) is 15.9. The van der Waals surface area contributed by atoms with Crippen LogP contribution in [0.1, 0.15) is 42.0 Å². The molecule has 0 saturated heterocycles. The average molecular weight is 372 g/mol. The van der Waals surface area contributed by atoms with E-state index in [1.165, 1.54) is 11.6 Å². The average Bonchev–Trinajstić information content (AvgIpc) is 2.76. The molecule has 0 heterocycles. The van der Waals surface area contributed by atoms with Crippen LogP contribution < -0.4 is 0 Å². The second-order valence-corrected chi connectivity index (χ2v) is 6.86. The maximum Gasteiger partial charge on any atom is 0.416 e. The molecule has 0 spiro atoms. The molecule has 0 aromatic heterocycles. The SMILES string of the molecule is Cc1cc(/C=C/C=C/C(=C/C=O)C(F)(F)F)c2c(C)cc(C(C)C)ccc1-2. The number of carbonyl (C=O) groups is 1. The van der Waals surface area contributed by atoms with Crippen LogP contribution >= 0.6 is 0 Å². The van der Waals surface area contributed by atoms with Gasteiger partial charge in [-0.25, -0.2) is 0 Å². The second-order valence-electron chi connectivity index (χ2n) is 6.86. The number of carbonyl (C=O) groups excluding carboxylic acids is 1. The minimum atomic E-state index is -4.55. The van der Waals surface area contributed by atoms with Crippen LogP contribution in [0.2, 0.25) is 0 Å². The Bertz CT molecular complexity index is 883. The molecule has 2 aliphatic carbocycles. The summed E-state index contributed by atoms with van der Waals surface area (Å²) in [6.45, 7) is 8.36. The van der Waals surface area contributed by atoms with Gasteiger partial charge < -0.3 is 0 Å². The van der Waals surface area contributed by atoms with Gasteiger partial charge in [0.05, 0.1) is 5.57 Å². The van der Waals surface area contributed by atoms with Crippen LogP contribution in [0, 0.1) is 13.8 Å². The van der Waals surface area contributed by atoms with Crippen molar-refractivity contribution < 1.29 is 18.0 Å². The summed E-state index contributed by atoms with van der Waals surface area (Å²) in [5.74, 6) is 0.410. The molecule has 1 nitrogen and oxygen atoms in total. The first-order valence-corrected chi connectivity index (χ1v) is 8.76. The maximum atomic E-state index is 12.8. The number of alkyl halides is 3. The summed E-state index contributed by atoms with van der Waals surface area (Å²) in [7, 11) is 0. The molecule has 27 heavy (non-hydrogen) atoms. The Morgan fingerprint density at radius 3 is 2.33 bits per heavy atom. The Hall–Kier alpha value is -2.62. The molecule has 0 radical (unpaired) electrons.